The highest BCUT2D eigenvalue weighted by Gasteiger charge is 2.10. The minimum Gasteiger partial charge on any atom is -0.388 e. The molecule has 0 spiro atoms. The number of aliphatic hydroxyl groups excluding tert-OH is 1. The summed E-state index contributed by atoms with van der Waals surface area (Å²) < 4.78 is 1.06. The lowest BCUT2D eigenvalue weighted by molar-refractivity contribution is 0.207. The van der Waals surface area contributed by atoms with Crippen LogP contribution in [0.2, 0.25) is 0 Å². The molecule has 0 aliphatic heterocycles. The molecule has 0 unspecified atom stereocenters. The second-order valence-electron chi connectivity index (χ2n) is 3.35. The smallest absolute Gasteiger partial charge is 0.0892 e. The van der Waals surface area contributed by atoms with Gasteiger partial charge in [-0.2, -0.15) is 0 Å². The first kappa shape index (κ1) is 11.1. The van der Waals surface area contributed by atoms with Crippen LogP contribution in [-0.4, -0.2) is 10.4 Å². The number of fused-ring (bicyclic) bond motifs is 1. The first-order valence-corrected chi connectivity index (χ1v) is 6.56. The van der Waals surface area contributed by atoms with E-state index >= 15 is 0 Å². The van der Waals surface area contributed by atoms with Crippen molar-refractivity contribution in [3.8, 4) is 0 Å². The molecule has 0 saturated carbocycles. The predicted molar refractivity (Wildman–Crippen MR) is 70.4 cm³/mol. The topological polar surface area (TPSA) is 20.2 Å². The van der Waals surface area contributed by atoms with Crippen molar-refractivity contribution >= 4 is 42.6 Å². The van der Waals surface area contributed by atoms with Crippen molar-refractivity contribution in [2.75, 3.05) is 5.33 Å². The SMILES string of the molecule is O[C@H](CBr)c1ccc(Br)c2ccccc12. The van der Waals surface area contributed by atoms with Crippen LogP contribution in [-0.2, 0) is 0 Å². The maximum Gasteiger partial charge on any atom is 0.0892 e. The lowest BCUT2D eigenvalue weighted by atomic mass is 10.0. The average molecular weight is 330 g/mol. The summed E-state index contributed by atoms with van der Waals surface area (Å²) in [6.07, 6.45) is -0.456. The van der Waals surface area contributed by atoms with Crippen LogP contribution < -0.4 is 0 Å². The van der Waals surface area contributed by atoms with Crippen LogP contribution in [0.1, 0.15) is 11.7 Å². The predicted octanol–water partition coefficient (Wildman–Crippen LogP) is 4.03. The van der Waals surface area contributed by atoms with Crippen molar-refractivity contribution in [2.45, 2.75) is 6.10 Å². The summed E-state index contributed by atoms with van der Waals surface area (Å²) in [6, 6.07) is 12.0. The van der Waals surface area contributed by atoms with Gasteiger partial charge in [-0.3, -0.25) is 0 Å². The van der Waals surface area contributed by atoms with Crippen molar-refractivity contribution in [1.82, 2.24) is 0 Å². The van der Waals surface area contributed by atoms with Gasteiger partial charge in [-0.05, 0) is 22.4 Å². The average Bonchev–Trinajstić information content (AvgIpc) is 2.29. The molecule has 0 aromatic heterocycles. The highest BCUT2D eigenvalue weighted by atomic mass is 79.9. The van der Waals surface area contributed by atoms with E-state index in [1.807, 2.05) is 36.4 Å². The Morgan fingerprint density at radius 1 is 1.07 bits per heavy atom. The van der Waals surface area contributed by atoms with Gasteiger partial charge >= 0.3 is 0 Å². The second-order valence-corrected chi connectivity index (χ2v) is 4.85. The van der Waals surface area contributed by atoms with E-state index in [2.05, 4.69) is 31.9 Å². The zero-order chi connectivity index (χ0) is 10.8. The Balaban J connectivity index is 2.71. The summed E-state index contributed by atoms with van der Waals surface area (Å²) in [5.74, 6) is 0. The fourth-order valence-electron chi connectivity index (χ4n) is 1.66. The molecular formula is C12H10Br2O. The molecule has 0 fully saturated rings. The standard InChI is InChI=1S/C12H10Br2O/c13-7-12(15)10-5-6-11(14)9-4-2-1-3-8(9)10/h1-6,12,15H,7H2/t12-/m1/s1. The van der Waals surface area contributed by atoms with Crippen LogP contribution in [0.15, 0.2) is 40.9 Å². The molecule has 2 aromatic rings. The molecule has 78 valence electrons. The molecule has 0 heterocycles. The lowest BCUT2D eigenvalue weighted by Crippen LogP contribution is -1.99. The van der Waals surface area contributed by atoms with E-state index in [1.165, 1.54) is 0 Å². The molecule has 1 N–H and O–H groups in total. The molecule has 0 amide bonds. The van der Waals surface area contributed by atoms with Gasteiger partial charge in [0.1, 0.15) is 0 Å². The van der Waals surface area contributed by atoms with E-state index in [9.17, 15) is 5.11 Å². The molecule has 0 bridgehead atoms. The normalized spacial score (nSPS) is 13.0. The van der Waals surface area contributed by atoms with Gasteiger partial charge in [-0.25, -0.2) is 0 Å². The highest BCUT2D eigenvalue weighted by Crippen LogP contribution is 2.30. The van der Waals surface area contributed by atoms with E-state index in [0.717, 1.165) is 20.8 Å². The molecular weight excluding hydrogens is 320 g/mol. The first-order valence-electron chi connectivity index (χ1n) is 4.65. The van der Waals surface area contributed by atoms with Crippen molar-refractivity contribution in [1.29, 1.82) is 0 Å². The number of aliphatic hydroxyl groups is 1. The quantitative estimate of drug-likeness (QED) is 0.825. The summed E-state index contributed by atoms with van der Waals surface area (Å²) >= 11 is 6.80. The third-order valence-electron chi connectivity index (χ3n) is 2.41. The maximum absolute atomic E-state index is 9.86. The Morgan fingerprint density at radius 2 is 1.73 bits per heavy atom. The number of rotatable bonds is 2. The van der Waals surface area contributed by atoms with E-state index in [4.69, 9.17) is 0 Å². The molecule has 1 atom stereocenters. The summed E-state index contributed by atoms with van der Waals surface area (Å²) in [4.78, 5) is 0. The highest BCUT2D eigenvalue weighted by molar-refractivity contribution is 9.10. The molecule has 1 nitrogen and oxygen atoms in total. The van der Waals surface area contributed by atoms with E-state index < -0.39 is 6.10 Å². The fraction of sp³-hybridized carbons (Fsp3) is 0.167. The number of hydrogen-bond donors (Lipinski definition) is 1. The minimum absolute atomic E-state index is 0.456. The first-order chi connectivity index (χ1) is 7.24. The van der Waals surface area contributed by atoms with Gasteiger partial charge in [0.15, 0.2) is 0 Å². The zero-order valence-electron chi connectivity index (χ0n) is 7.95. The van der Waals surface area contributed by atoms with Crippen LogP contribution in [0.4, 0.5) is 0 Å². The van der Waals surface area contributed by atoms with E-state index in [0.29, 0.717) is 5.33 Å². The monoisotopic (exact) mass is 328 g/mol. The Labute approximate surface area is 105 Å². The maximum atomic E-state index is 9.86. The van der Waals surface area contributed by atoms with Crippen LogP contribution >= 0.6 is 31.9 Å². The molecule has 0 aliphatic carbocycles. The molecule has 2 rings (SSSR count). The third kappa shape index (κ3) is 2.10. The Hall–Kier alpha value is -0.380. The zero-order valence-corrected chi connectivity index (χ0v) is 11.1. The molecule has 0 aliphatic rings. The molecule has 2 aromatic carbocycles. The minimum atomic E-state index is -0.456. The van der Waals surface area contributed by atoms with Gasteiger partial charge in [-0.1, -0.05) is 62.2 Å². The summed E-state index contributed by atoms with van der Waals surface area (Å²) in [7, 11) is 0. The number of hydrogen-bond acceptors (Lipinski definition) is 1. The largest absolute Gasteiger partial charge is 0.388 e. The van der Waals surface area contributed by atoms with Crippen molar-refractivity contribution in [3.05, 3.63) is 46.4 Å². The second kappa shape index (κ2) is 4.64. The molecule has 15 heavy (non-hydrogen) atoms. The summed E-state index contributed by atoms with van der Waals surface area (Å²) in [5.41, 5.74) is 0.964. The number of halogens is 2. The Bertz CT molecular complexity index is 482. The van der Waals surface area contributed by atoms with Crippen molar-refractivity contribution < 1.29 is 5.11 Å². The van der Waals surface area contributed by atoms with Gasteiger partial charge < -0.3 is 5.11 Å². The molecule has 0 radical (unpaired) electrons. The van der Waals surface area contributed by atoms with Crippen LogP contribution in [0.5, 0.6) is 0 Å². The number of alkyl halides is 1. The van der Waals surface area contributed by atoms with Crippen LogP contribution in [0, 0.1) is 0 Å². The summed E-state index contributed by atoms with van der Waals surface area (Å²) in [5, 5.41) is 12.6. The van der Waals surface area contributed by atoms with Crippen LogP contribution in [0.25, 0.3) is 10.8 Å². The lowest BCUT2D eigenvalue weighted by Gasteiger charge is -2.11. The van der Waals surface area contributed by atoms with Gasteiger partial charge in [-0.15, -0.1) is 0 Å². The molecule has 0 saturated heterocycles. The Morgan fingerprint density at radius 3 is 2.40 bits per heavy atom. The third-order valence-corrected chi connectivity index (χ3v) is 3.71. The fourth-order valence-corrected chi connectivity index (χ4v) is 2.49. The van der Waals surface area contributed by atoms with Gasteiger partial charge in [0.05, 0.1) is 6.10 Å². The van der Waals surface area contributed by atoms with E-state index in [1.54, 1.807) is 0 Å². The van der Waals surface area contributed by atoms with E-state index in [-0.39, 0.29) is 0 Å². The van der Waals surface area contributed by atoms with Crippen molar-refractivity contribution in [2.24, 2.45) is 0 Å². The number of benzene rings is 2. The van der Waals surface area contributed by atoms with Gasteiger partial charge in [0.2, 0.25) is 0 Å². The van der Waals surface area contributed by atoms with Gasteiger partial charge in [0, 0.05) is 9.80 Å². The van der Waals surface area contributed by atoms with Gasteiger partial charge in [0.25, 0.3) is 0 Å². The van der Waals surface area contributed by atoms with Crippen LogP contribution in [0.3, 0.4) is 0 Å². The molecule has 3 heteroatoms. The van der Waals surface area contributed by atoms with Crippen molar-refractivity contribution in [3.63, 3.8) is 0 Å². The summed E-state index contributed by atoms with van der Waals surface area (Å²) in [6.45, 7) is 0. The Kier molecular flexibility index (Phi) is 3.44.